The van der Waals surface area contributed by atoms with E-state index in [0.29, 0.717) is 32.4 Å². The number of hydrogen-bond donors (Lipinski definition) is 1. The van der Waals surface area contributed by atoms with Crippen LogP contribution in [0, 0.1) is 0 Å². The van der Waals surface area contributed by atoms with E-state index in [4.69, 9.17) is 16.3 Å². The summed E-state index contributed by atoms with van der Waals surface area (Å²) in [6.07, 6.45) is 0. The average Bonchev–Trinajstić information content (AvgIpc) is 3.38. The lowest BCUT2D eigenvalue weighted by Crippen LogP contribution is -2.12. The summed E-state index contributed by atoms with van der Waals surface area (Å²) in [5, 5.41) is 6.11. The summed E-state index contributed by atoms with van der Waals surface area (Å²) in [5.41, 5.74) is 1.91. The van der Waals surface area contributed by atoms with Crippen LogP contribution in [0.1, 0.15) is 10.5 Å². The Morgan fingerprint density at radius 3 is 2.82 bits per heavy atom. The van der Waals surface area contributed by atoms with E-state index in [0.717, 1.165) is 22.7 Å². The maximum atomic E-state index is 12.5. The van der Waals surface area contributed by atoms with Crippen molar-refractivity contribution >= 4 is 45.5 Å². The molecule has 6 nitrogen and oxygen atoms in total. The number of aromatic nitrogens is 3. The molecule has 0 aliphatic carbocycles. The molecule has 2 aromatic carbocycles. The minimum absolute atomic E-state index is 0.304. The van der Waals surface area contributed by atoms with E-state index < -0.39 is 0 Å². The van der Waals surface area contributed by atoms with Crippen LogP contribution in [0.25, 0.3) is 22.0 Å². The number of rotatable bonds is 5. The molecule has 0 saturated heterocycles. The summed E-state index contributed by atoms with van der Waals surface area (Å²) in [5.74, 6) is 0.893. The maximum absolute atomic E-state index is 12.5. The molecule has 0 bridgehead atoms. The summed E-state index contributed by atoms with van der Waals surface area (Å²) in [4.78, 5) is 21.3. The van der Waals surface area contributed by atoms with E-state index in [1.165, 1.54) is 11.3 Å². The van der Waals surface area contributed by atoms with Crippen LogP contribution in [0.5, 0.6) is 5.75 Å². The first-order valence-corrected chi connectivity index (χ1v) is 10.2. The zero-order valence-electron chi connectivity index (χ0n) is 14.5. The molecule has 1 amide bonds. The van der Waals surface area contributed by atoms with Gasteiger partial charge in [-0.05, 0) is 18.2 Å². The first-order chi connectivity index (χ1) is 13.6. The van der Waals surface area contributed by atoms with Crippen molar-refractivity contribution in [1.82, 2.24) is 14.3 Å². The smallest absolute Gasteiger partial charge is 0.276 e. The SMILES string of the molecule is COc1cccc(-c2nsc(NC(=O)c3csc(-c4ccccc4Cl)n3)n2)c1. The van der Waals surface area contributed by atoms with Gasteiger partial charge in [-0.1, -0.05) is 41.9 Å². The van der Waals surface area contributed by atoms with E-state index in [1.54, 1.807) is 18.6 Å². The van der Waals surface area contributed by atoms with E-state index in [9.17, 15) is 4.79 Å². The zero-order valence-corrected chi connectivity index (χ0v) is 16.9. The molecule has 140 valence electrons. The molecule has 4 rings (SSSR count). The molecular weight excluding hydrogens is 416 g/mol. The van der Waals surface area contributed by atoms with Crippen molar-refractivity contribution < 1.29 is 9.53 Å². The van der Waals surface area contributed by atoms with E-state index in [2.05, 4.69) is 19.7 Å². The lowest BCUT2D eigenvalue weighted by atomic mass is 10.2. The molecule has 0 fully saturated rings. The lowest BCUT2D eigenvalue weighted by molar-refractivity contribution is 0.102. The fraction of sp³-hybridized carbons (Fsp3) is 0.0526. The number of thiazole rings is 1. The van der Waals surface area contributed by atoms with Crippen molar-refractivity contribution in [3.63, 3.8) is 0 Å². The van der Waals surface area contributed by atoms with Crippen LogP contribution in [-0.4, -0.2) is 27.4 Å². The monoisotopic (exact) mass is 428 g/mol. The summed E-state index contributed by atoms with van der Waals surface area (Å²) >= 11 is 8.67. The second kappa shape index (κ2) is 8.05. The van der Waals surface area contributed by atoms with Crippen molar-refractivity contribution in [2.75, 3.05) is 12.4 Å². The highest BCUT2D eigenvalue weighted by Crippen LogP contribution is 2.30. The molecule has 0 aliphatic rings. The number of carbonyl (C=O) groups excluding carboxylic acids is 1. The van der Waals surface area contributed by atoms with Crippen LogP contribution in [0.3, 0.4) is 0 Å². The van der Waals surface area contributed by atoms with Gasteiger partial charge in [0.05, 0.1) is 12.1 Å². The third-order valence-corrected chi connectivity index (χ3v) is 5.65. The highest BCUT2D eigenvalue weighted by Gasteiger charge is 2.16. The fourth-order valence-electron chi connectivity index (χ4n) is 2.45. The Balaban J connectivity index is 1.50. The van der Waals surface area contributed by atoms with Gasteiger partial charge >= 0.3 is 0 Å². The number of hydrogen-bond acceptors (Lipinski definition) is 7. The van der Waals surface area contributed by atoms with Gasteiger partial charge in [0, 0.05) is 28.0 Å². The molecule has 2 heterocycles. The molecule has 0 spiro atoms. The molecule has 0 radical (unpaired) electrons. The van der Waals surface area contributed by atoms with Crippen LogP contribution in [0.4, 0.5) is 5.13 Å². The molecule has 0 atom stereocenters. The number of nitrogens with one attached hydrogen (secondary N) is 1. The number of ether oxygens (including phenoxy) is 1. The highest BCUT2D eigenvalue weighted by atomic mass is 35.5. The topological polar surface area (TPSA) is 77.0 Å². The van der Waals surface area contributed by atoms with Gasteiger partial charge in [-0.25, -0.2) is 4.98 Å². The number of benzene rings is 2. The Labute approximate surface area is 174 Å². The maximum Gasteiger partial charge on any atom is 0.276 e. The predicted molar refractivity (Wildman–Crippen MR) is 112 cm³/mol. The van der Waals surface area contributed by atoms with Crippen molar-refractivity contribution in [3.05, 3.63) is 64.6 Å². The molecule has 0 unspecified atom stereocenters. The summed E-state index contributed by atoms with van der Waals surface area (Å²) in [7, 11) is 1.60. The Morgan fingerprint density at radius 1 is 1.14 bits per heavy atom. The molecule has 4 aromatic rings. The second-order valence-corrected chi connectivity index (χ2v) is 7.64. The van der Waals surface area contributed by atoms with Gasteiger partial charge in [0.2, 0.25) is 5.13 Å². The van der Waals surface area contributed by atoms with Gasteiger partial charge in [0.15, 0.2) is 5.82 Å². The summed E-state index contributed by atoms with van der Waals surface area (Å²) < 4.78 is 9.51. The van der Waals surface area contributed by atoms with Crippen LogP contribution < -0.4 is 10.1 Å². The average molecular weight is 429 g/mol. The standard InChI is InChI=1S/C19H13ClN4O2S2/c1-26-12-6-4-5-11(9-12)16-22-19(28-24-16)23-17(25)15-10-27-18(21-15)13-7-2-3-8-14(13)20/h2-10H,1H3,(H,22,23,24,25). The Kier molecular flexibility index (Phi) is 5.34. The minimum Gasteiger partial charge on any atom is -0.497 e. The number of amides is 1. The van der Waals surface area contributed by atoms with Crippen LogP contribution in [0.15, 0.2) is 53.9 Å². The Bertz CT molecular complexity index is 1140. The molecule has 2 aromatic heterocycles. The van der Waals surface area contributed by atoms with Gasteiger partial charge in [-0.2, -0.15) is 9.36 Å². The first kappa shape index (κ1) is 18.5. The van der Waals surface area contributed by atoms with Gasteiger partial charge < -0.3 is 4.74 Å². The first-order valence-electron chi connectivity index (χ1n) is 8.14. The fourth-order valence-corrected chi connectivity index (χ4v) is 4.16. The van der Waals surface area contributed by atoms with E-state index in [-0.39, 0.29) is 5.91 Å². The zero-order chi connectivity index (χ0) is 19.5. The van der Waals surface area contributed by atoms with E-state index >= 15 is 0 Å². The van der Waals surface area contributed by atoms with Crippen LogP contribution >= 0.6 is 34.5 Å². The quantitative estimate of drug-likeness (QED) is 0.470. The Hall–Kier alpha value is -2.81. The van der Waals surface area contributed by atoms with Gasteiger partial charge in [0.1, 0.15) is 16.5 Å². The molecule has 0 aliphatic heterocycles. The van der Waals surface area contributed by atoms with Gasteiger partial charge in [-0.15, -0.1) is 11.3 Å². The molecule has 0 saturated carbocycles. The third kappa shape index (κ3) is 3.89. The number of nitrogens with zero attached hydrogens (tertiary/aromatic N) is 3. The van der Waals surface area contributed by atoms with Gasteiger partial charge in [-0.3, -0.25) is 10.1 Å². The van der Waals surface area contributed by atoms with Crippen molar-refractivity contribution in [3.8, 4) is 27.7 Å². The number of anilines is 1. The minimum atomic E-state index is -0.345. The molecule has 9 heteroatoms. The van der Waals surface area contributed by atoms with Crippen molar-refractivity contribution in [2.45, 2.75) is 0 Å². The number of methoxy groups -OCH3 is 1. The normalized spacial score (nSPS) is 10.6. The van der Waals surface area contributed by atoms with Gasteiger partial charge in [0.25, 0.3) is 5.91 Å². The highest BCUT2D eigenvalue weighted by molar-refractivity contribution is 7.13. The third-order valence-electron chi connectivity index (χ3n) is 3.82. The molecule has 28 heavy (non-hydrogen) atoms. The summed E-state index contributed by atoms with van der Waals surface area (Å²) in [6, 6.07) is 14.8. The van der Waals surface area contributed by atoms with Crippen molar-refractivity contribution in [1.29, 1.82) is 0 Å². The van der Waals surface area contributed by atoms with Crippen LogP contribution in [0.2, 0.25) is 5.02 Å². The molecule has 1 N–H and O–H groups in total. The van der Waals surface area contributed by atoms with E-state index in [1.807, 2.05) is 42.5 Å². The summed E-state index contributed by atoms with van der Waals surface area (Å²) in [6.45, 7) is 0. The number of halogens is 1. The number of carbonyl (C=O) groups is 1. The molecular formula is C19H13ClN4O2S2. The predicted octanol–water partition coefficient (Wildman–Crippen LogP) is 5.24. The van der Waals surface area contributed by atoms with Crippen LogP contribution in [-0.2, 0) is 0 Å². The largest absolute Gasteiger partial charge is 0.497 e. The van der Waals surface area contributed by atoms with Crippen molar-refractivity contribution in [2.24, 2.45) is 0 Å². The lowest BCUT2D eigenvalue weighted by Gasteiger charge is -2.00. The Morgan fingerprint density at radius 2 is 2.00 bits per heavy atom. The second-order valence-electron chi connectivity index (χ2n) is 5.63.